The van der Waals surface area contributed by atoms with Gasteiger partial charge >= 0.3 is 0 Å². The van der Waals surface area contributed by atoms with E-state index in [1.165, 1.54) is 12.8 Å². The number of aromatic amines is 1. The smallest absolute Gasteiger partial charge is 0.291 e. The van der Waals surface area contributed by atoms with Crippen LogP contribution in [0.4, 0.5) is 0 Å². The Kier molecular flexibility index (Phi) is 4.90. The van der Waals surface area contributed by atoms with Crippen LogP contribution < -0.4 is 5.32 Å². The molecule has 1 atom stereocenters. The molecule has 1 unspecified atom stereocenters. The summed E-state index contributed by atoms with van der Waals surface area (Å²) in [5.41, 5.74) is 0. The Balaban J connectivity index is 1.81. The van der Waals surface area contributed by atoms with Gasteiger partial charge in [0.1, 0.15) is 5.82 Å². The van der Waals surface area contributed by atoms with Gasteiger partial charge in [0.05, 0.1) is 0 Å². The second-order valence-electron chi connectivity index (χ2n) is 5.24. The fraction of sp³-hybridized carbons (Fsp3) is 0.769. The average Bonchev–Trinajstić information content (AvgIpc) is 3.00. The summed E-state index contributed by atoms with van der Waals surface area (Å²) in [6.07, 6.45) is 4.34. The summed E-state index contributed by atoms with van der Waals surface area (Å²) in [7, 11) is 0. The number of aromatic nitrogens is 3. The molecule has 0 bridgehead atoms. The van der Waals surface area contributed by atoms with E-state index in [0.717, 1.165) is 38.3 Å². The van der Waals surface area contributed by atoms with Crippen molar-refractivity contribution in [3.8, 4) is 0 Å². The topological polar surface area (TPSA) is 73.9 Å². The first kappa shape index (κ1) is 14.0. The summed E-state index contributed by atoms with van der Waals surface area (Å²) in [5, 5.41) is 9.71. The van der Waals surface area contributed by atoms with Crippen LogP contribution >= 0.6 is 0 Å². The lowest BCUT2D eigenvalue weighted by atomic mass is 10.3. The minimum Gasteiger partial charge on any atom is -0.346 e. The maximum atomic E-state index is 12.0. The van der Waals surface area contributed by atoms with Crippen molar-refractivity contribution in [1.82, 2.24) is 25.4 Å². The Labute approximate surface area is 114 Å². The lowest BCUT2D eigenvalue weighted by molar-refractivity contribution is 0.0921. The molecule has 2 rings (SSSR count). The van der Waals surface area contributed by atoms with E-state index in [2.05, 4.69) is 32.3 Å². The normalized spacial score (nSPS) is 17.6. The first-order valence-corrected chi connectivity index (χ1v) is 7.13. The number of carbonyl (C=O) groups excluding carboxylic acids is 1. The van der Waals surface area contributed by atoms with Gasteiger partial charge in [0.25, 0.3) is 5.91 Å². The molecule has 1 aromatic heterocycles. The lowest BCUT2D eigenvalue weighted by Gasteiger charge is -2.20. The Morgan fingerprint density at radius 3 is 2.89 bits per heavy atom. The van der Waals surface area contributed by atoms with Crippen LogP contribution in [0, 0.1) is 0 Å². The fourth-order valence-corrected chi connectivity index (χ4v) is 2.43. The van der Waals surface area contributed by atoms with E-state index in [0.29, 0.717) is 0 Å². The SMILES string of the molecule is CCCc1nc(C(=O)NC(C)CN2CCCC2)n[nH]1. The summed E-state index contributed by atoms with van der Waals surface area (Å²) in [6, 6.07) is 0.124. The van der Waals surface area contributed by atoms with Crippen molar-refractivity contribution >= 4 is 5.91 Å². The molecule has 1 aromatic rings. The number of rotatable bonds is 6. The van der Waals surface area contributed by atoms with Crippen molar-refractivity contribution in [1.29, 1.82) is 0 Å². The number of aryl methyl sites for hydroxylation is 1. The van der Waals surface area contributed by atoms with Crippen LogP contribution in [0.1, 0.15) is 49.6 Å². The molecule has 1 fully saturated rings. The Hall–Kier alpha value is -1.43. The maximum Gasteiger partial charge on any atom is 0.291 e. The van der Waals surface area contributed by atoms with E-state index in [1.54, 1.807) is 0 Å². The summed E-state index contributed by atoms with van der Waals surface area (Å²) in [5.74, 6) is 0.835. The van der Waals surface area contributed by atoms with Gasteiger partial charge in [0.15, 0.2) is 0 Å². The number of H-pyrrole nitrogens is 1. The second-order valence-corrected chi connectivity index (χ2v) is 5.24. The molecular formula is C13H23N5O. The van der Waals surface area contributed by atoms with Crippen molar-refractivity contribution in [2.24, 2.45) is 0 Å². The van der Waals surface area contributed by atoms with Crippen LogP contribution in [0.3, 0.4) is 0 Å². The predicted molar refractivity (Wildman–Crippen MR) is 73.0 cm³/mol. The van der Waals surface area contributed by atoms with Crippen LogP contribution in [0.2, 0.25) is 0 Å². The third-order valence-corrected chi connectivity index (χ3v) is 3.33. The Morgan fingerprint density at radius 1 is 1.47 bits per heavy atom. The number of likely N-dealkylation sites (tertiary alicyclic amines) is 1. The molecule has 2 N–H and O–H groups in total. The molecule has 1 saturated heterocycles. The summed E-state index contributed by atoms with van der Waals surface area (Å²) in [6.45, 7) is 7.28. The molecule has 0 aromatic carbocycles. The maximum absolute atomic E-state index is 12.0. The second kappa shape index (κ2) is 6.65. The molecule has 1 amide bonds. The summed E-state index contributed by atoms with van der Waals surface area (Å²) in [4.78, 5) is 18.5. The van der Waals surface area contributed by atoms with Crippen molar-refractivity contribution in [3.05, 3.63) is 11.6 Å². The van der Waals surface area contributed by atoms with Gasteiger partial charge in [-0.3, -0.25) is 9.89 Å². The van der Waals surface area contributed by atoms with E-state index < -0.39 is 0 Å². The third-order valence-electron chi connectivity index (χ3n) is 3.33. The van der Waals surface area contributed by atoms with Crippen molar-refractivity contribution < 1.29 is 4.79 Å². The third kappa shape index (κ3) is 4.02. The van der Waals surface area contributed by atoms with Gasteiger partial charge in [-0.25, -0.2) is 4.98 Å². The molecule has 19 heavy (non-hydrogen) atoms. The number of nitrogens with one attached hydrogen (secondary N) is 2. The quantitative estimate of drug-likeness (QED) is 0.804. The number of carbonyl (C=O) groups is 1. The van der Waals surface area contributed by atoms with Crippen molar-refractivity contribution in [3.63, 3.8) is 0 Å². The van der Waals surface area contributed by atoms with Crippen LogP contribution in [0.15, 0.2) is 0 Å². The van der Waals surface area contributed by atoms with Crippen LogP contribution in [-0.2, 0) is 6.42 Å². The Bertz CT molecular complexity index is 411. The molecule has 0 radical (unpaired) electrons. The molecule has 0 spiro atoms. The van der Waals surface area contributed by atoms with Crippen LogP contribution in [-0.4, -0.2) is 51.7 Å². The van der Waals surface area contributed by atoms with Gasteiger partial charge in [-0.15, -0.1) is 5.10 Å². The van der Waals surface area contributed by atoms with Gasteiger partial charge in [-0.2, -0.15) is 0 Å². The van der Waals surface area contributed by atoms with E-state index in [4.69, 9.17) is 0 Å². The lowest BCUT2D eigenvalue weighted by Crippen LogP contribution is -2.41. The largest absolute Gasteiger partial charge is 0.346 e. The minimum atomic E-state index is -0.190. The number of nitrogens with zero attached hydrogens (tertiary/aromatic N) is 3. The molecule has 6 heteroatoms. The molecule has 6 nitrogen and oxygen atoms in total. The van der Waals surface area contributed by atoms with Crippen molar-refractivity contribution in [2.45, 2.75) is 45.6 Å². The number of hydrogen-bond donors (Lipinski definition) is 2. The molecule has 0 saturated carbocycles. The molecule has 106 valence electrons. The monoisotopic (exact) mass is 265 g/mol. The van der Waals surface area contributed by atoms with Gasteiger partial charge in [-0.1, -0.05) is 6.92 Å². The highest BCUT2D eigenvalue weighted by Gasteiger charge is 2.18. The zero-order chi connectivity index (χ0) is 13.7. The van der Waals surface area contributed by atoms with Crippen LogP contribution in [0.25, 0.3) is 0 Å². The Morgan fingerprint density at radius 2 is 2.21 bits per heavy atom. The van der Waals surface area contributed by atoms with Gasteiger partial charge in [-0.05, 0) is 39.3 Å². The fourth-order valence-electron chi connectivity index (χ4n) is 2.43. The van der Waals surface area contributed by atoms with E-state index in [-0.39, 0.29) is 17.8 Å². The molecule has 0 aliphatic carbocycles. The highest BCUT2D eigenvalue weighted by molar-refractivity contribution is 5.90. The van der Waals surface area contributed by atoms with Gasteiger partial charge in [0, 0.05) is 19.0 Å². The molecule has 1 aliphatic heterocycles. The summed E-state index contributed by atoms with van der Waals surface area (Å²) >= 11 is 0. The van der Waals surface area contributed by atoms with Gasteiger partial charge < -0.3 is 10.2 Å². The van der Waals surface area contributed by atoms with Gasteiger partial charge in [0.2, 0.25) is 5.82 Å². The highest BCUT2D eigenvalue weighted by atomic mass is 16.2. The predicted octanol–water partition coefficient (Wildman–Crippen LogP) is 0.971. The van der Waals surface area contributed by atoms with E-state index >= 15 is 0 Å². The van der Waals surface area contributed by atoms with Crippen LogP contribution in [0.5, 0.6) is 0 Å². The molecule has 2 heterocycles. The van der Waals surface area contributed by atoms with Crippen molar-refractivity contribution in [2.75, 3.05) is 19.6 Å². The number of hydrogen-bond acceptors (Lipinski definition) is 4. The molecule has 1 aliphatic rings. The minimum absolute atomic E-state index is 0.124. The average molecular weight is 265 g/mol. The zero-order valence-electron chi connectivity index (χ0n) is 11.8. The van der Waals surface area contributed by atoms with E-state index in [1.807, 2.05) is 6.92 Å². The number of amides is 1. The van der Waals surface area contributed by atoms with E-state index in [9.17, 15) is 4.79 Å². The first-order chi connectivity index (χ1) is 9.19. The first-order valence-electron chi connectivity index (χ1n) is 7.13. The standard InChI is InChI=1S/C13H23N5O/c1-3-6-11-15-12(17-16-11)13(19)14-10(2)9-18-7-4-5-8-18/h10H,3-9H2,1-2H3,(H,14,19)(H,15,16,17). The zero-order valence-corrected chi connectivity index (χ0v) is 11.8. The molecular weight excluding hydrogens is 242 g/mol. The highest BCUT2D eigenvalue weighted by Crippen LogP contribution is 2.07. The summed E-state index contributed by atoms with van der Waals surface area (Å²) < 4.78 is 0.